The van der Waals surface area contributed by atoms with Crippen molar-refractivity contribution < 1.29 is 4.42 Å². The first-order chi connectivity index (χ1) is 25.3. The van der Waals surface area contributed by atoms with Crippen LogP contribution in [0.1, 0.15) is 77.8 Å². The standard InChI is InChI=1S/C45H40N4OS/c1-3-12-27(13-4-1)43-46-44(28-14-5-2-6-15-28)48-45(47-43)35-18-11-20-37-40(35)34-23-22-29(26-38(34)50-37)49-36-19-9-7-16-30(36)32-24-25-33-31-17-8-10-21-39(31)51-42(33)41(32)49/h1-3,5,7-10,12,16-19,21-26,28,33,42-43,45,47H,4,6,11,13-15,20H2,(H,46,48). The minimum absolute atomic E-state index is 0.0695. The number of allylic oxidation sites excluding steroid dienone is 7. The quantitative estimate of drug-likeness (QED) is 0.185. The number of para-hydroxylation sites is 1. The van der Waals surface area contributed by atoms with Gasteiger partial charge in [-0.25, -0.2) is 4.99 Å². The van der Waals surface area contributed by atoms with Gasteiger partial charge in [0.25, 0.3) is 0 Å². The lowest BCUT2D eigenvalue weighted by Gasteiger charge is -2.37. The molecule has 51 heavy (non-hydrogen) atoms. The van der Waals surface area contributed by atoms with Crippen molar-refractivity contribution >= 4 is 51.1 Å². The van der Waals surface area contributed by atoms with Gasteiger partial charge in [0, 0.05) is 62.5 Å². The summed E-state index contributed by atoms with van der Waals surface area (Å²) >= 11 is 2.01. The highest BCUT2D eigenvalue weighted by molar-refractivity contribution is 8.00. The van der Waals surface area contributed by atoms with Crippen molar-refractivity contribution in [1.29, 1.82) is 0 Å². The van der Waals surface area contributed by atoms with E-state index in [0.29, 0.717) is 17.1 Å². The molecule has 5 nitrogen and oxygen atoms in total. The van der Waals surface area contributed by atoms with Gasteiger partial charge in [0.2, 0.25) is 0 Å². The fourth-order valence-electron chi connectivity index (χ4n) is 9.41. The summed E-state index contributed by atoms with van der Waals surface area (Å²) in [5, 5.41) is 10.6. The molecule has 0 saturated heterocycles. The number of hydrogen-bond donors (Lipinski definition) is 2. The molecule has 11 rings (SSSR count). The van der Waals surface area contributed by atoms with E-state index in [1.165, 1.54) is 54.7 Å². The maximum Gasteiger partial charge on any atom is 0.137 e. The minimum atomic E-state index is -0.131. The molecule has 0 amide bonds. The van der Waals surface area contributed by atoms with Crippen LogP contribution in [-0.4, -0.2) is 22.7 Å². The van der Waals surface area contributed by atoms with Gasteiger partial charge in [-0.1, -0.05) is 85.0 Å². The number of rotatable bonds is 4. The van der Waals surface area contributed by atoms with E-state index < -0.39 is 0 Å². The third kappa shape index (κ3) is 4.76. The van der Waals surface area contributed by atoms with Crippen molar-refractivity contribution in [2.45, 2.75) is 73.3 Å². The van der Waals surface area contributed by atoms with Gasteiger partial charge in [0.05, 0.1) is 10.8 Å². The summed E-state index contributed by atoms with van der Waals surface area (Å²) in [4.78, 5) is 6.83. The monoisotopic (exact) mass is 684 g/mol. The van der Waals surface area contributed by atoms with E-state index in [4.69, 9.17) is 9.41 Å². The molecule has 252 valence electrons. The smallest absolute Gasteiger partial charge is 0.137 e. The van der Waals surface area contributed by atoms with E-state index in [0.717, 1.165) is 67.8 Å². The van der Waals surface area contributed by atoms with Crippen LogP contribution in [0.3, 0.4) is 0 Å². The zero-order chi connectivity index (χ0) is 33.5. The fraction of sp³-hybridized carbons (Fsp3) is 0.267. The van der Waals surface area contributed by atoms with Crippen molar-refractivity contribution in [3.8, 4) is 5.69 Å². The average molecular weight is 685 g/mol. The number of furan rings is 1. The molecule has 0 fully saturated rings. The van der Waals surface area contributed by atoms with Crippen molar-refractivity contribution in [3.05, 3.63) is 143 Å². The van der Waals surface area contributed by atoms with Crippen LogP contribution in [0.4, 0.5) is 0 Å². The molecule has 6 heteroatoms. The van der Waals surface area contributed by atoms with Gasteiger partial charge < -0.3 is 14.3 Å². The van der Waals surface area contributed by atoms with Crippen molar-refractivity contribution in [2.75, 3.05) is 0 Å². The highest BCUT2D eigenvalue weighted by Gasteiger charge is 2.40. The zero-order valence-electron chi connectivity index (χ0n) is 28.5. The molecule has 2 aromatic heterocycles. The van der Waals surface area contributed by atoms with Crippen molar-refractivity contribution in [1.82, 2.24) is 15.2 Å². The molecule has 0 saturated carbocycles. The molecule has 0 radical (unpaired) electrons. The van der Waals surface area contributed by atoms with Crippen LogP contribution in [0.5, 0.6) is 0 Å². The Kier molecular flexibility index (Phi) is 6.97. The van der Waals surface area contributed by atoms with Crippen LogP contribution in [0.15, 0.2) is 129 Å². The Morgan fingerprint density at radius 3 is 2.76 bits per heavy atom. The van der Waals surface area contributed by atoms with Gasteiger partial charge in [0.1, 0.15) is 29.5 Å². The highest BCUT2D eigenvalue weighted by atomic mass is 32.2. The Labute approximate surface area is 302 Å². The van der Waals surface area contributed by atoms with E-state index in [9.17, 15) is 0 Å². The zero-order valence-corrected chi connectivity index (χ0v) is 29.3. The molecular formula is C45H40N4OS. The van der Waals surface area contributed by atoms with Crippen molar-refractivity contribution in [3.63, 3.8) is 0 Å². The van der Waals surface area contributed by atoms with E-state index in [1.807, 2.05) is 11.8 Å². The van der Waals surface area contributed by atoms with E-state index in [1.54, 1.807) is 0 Å². The summed E-state index contributed by atoms with van der Waals surface area (Å²) in [5.41, 5.74) is 11.4. The first-order valence-electron chi connectivity index (χ1n) is 18.7. The van der Waals surface area contributed by atoms with Gasteiger partial charge in [-0.2, -0.15) is 0 Å². The number of nitrogens with zero attached hydrogens (tertiary/aromatic N) is 2. The van der Waals surface area contributed by atoms with E-state index in [2.05, 4.69) is 131 Å². The SMILES string of the molecule is C1=CCCC(C2NC(C3CC=CCC3)=NC(C3=CCCc4oc5cc(-n6c7c(c8ccccc86)C=CC6c8ccccc8SC76)ccc5c43)N2)=C1. The number of benzene rings is 3. The van der Waals surface area contributed by atoms with Gasteiger partial charge >= 0.3 is 0 Å². The van der Waals surface area contributed by atoms with E-state index >= 15 is 0 Å². The second-order valence-electron chi connectivity index (χ2n) is 14.7. The Morgan fingerprint density at radius 1 is 0.902 bits per heavy atom. The molecule has 4 aliphatic carbocycles. The summed E-state index contributed by atoms with van der Waals surface area (Å²) in [6.07, 6.45) is 25.9. The Bertz CT molecular complexity index is 2430. The van der Waals surface area contributed by atoms with Crippen LogP contribution in [0.25, 0.3) is 39.2 Å². The second-order valence-corrected chi connectivity index (χ2v) is 15.9. The van der Waals surface area contributed by atoms with Crippen molar-refractivity contribution in [2.24, 2.45) is 10.9 Å². The topological polar surface area (TPSA) is 54.5 Å². The second kappa shape index (κ2) is 11.9. The highest BCUT2D eigenvalue weighted by Crippen LogP contribution is 2.59. The average Bonchev–Trinajstić information content (AvgIpc) is 3.87. The number of fused-ring (bicyclic) bond motifs is 10. The largest absolute Gasteiger partial charge is 0.460 e. The van der Waals surface area contributed by atoms with Crippen LogP contribution in [-0.2, 0) is 6.42 Å². The molecule has 2 N–H and O–H groups in total. The lowest BCUT2D eigenvalue weighted by Crippen LogP contribution is -2.57. The first-order valence-corrected chi connectivity index (χ1v) is 19.6. The molecule has 6 aliphatic rings. The lowest BCUT2D eigenvalue weighted by atomic mass is 9.87. The number of aryl methyl sites for hydroxylation is 1. The van der Waals surface area contributed by atoms with Gasteiger partial charge in [-0.3, -0.25) is 5.32 Å². The van der Waals surface area contributed by atoms with Crippen LogP contribution >= 0.6 is 11.8 Å². The first kappa shape index (κ1) is 29.9. The molecule has 5 unspecified atom stereocenters. The number of nitrogens with one attached hydrogen (secondary N) is 2. The predicted octanol–water partition coefficient (Wildman–Crippen LogP) is 10.5. The third-order valence-corrected chi connectivity index (χ3v) is 13.2. The Balaban J connectivity index is 1.01. The van der Waals surface area contributed by atoms with Crippen LogP contribution in [0, 0.1) is 5.92 Å². The number of hydrogen-bond acceptors (Lipinski definition) is 5. The van der Waals surface area contributed by atoms with Gasteiger partial charge in [-0.15, -0.1) is 11.8 Å². The van der Waals surface area contributed by atoms with Gasteiger partial charge in [0.15, 0.2) is 0 Å². The molecule has 3 aromatic carbocycles. The maximum atomic E-state index is 6.84. The summed E-state index contributed by atoms with van der Waals surface area (Å²) < 4.78 is 9.35. The summed E-state index contributed by atoms with van der Waals surface area (Å²) in [5.74, 6) is 3.02. The predicted molar refractivity (Wildman–Crippen MR) is 210 cm³/mol. The van der Waals surface area contributed by atoms with Crippen LogP contribution < -0.4 is 10.6 Å². The molecule has 0 spiro atoms. The molecule has 2 aliphatic heterocycles. The molecule has 5 aromatic rings. The third-order valence-electron chi connectivity index (χ3n) is 11.8. The maximum absolute atomic E-state index is 6.84. The Hall–Kier alpha value is -4.78. The summed E-state index contributed by atoms with van der Waals surface area (Å²) in [6.45, 7) is 0. The lowest BCUT2D eigenvalue weighted by molar-refractivity contribution is 0.443. The number of thioether (sulfide) groups is 1. The van der Waals surface area contributed by atoms with Gasteiger partial charge in [-0.05, 0) is 79.5 Å². The number of amidine groups is 1. The molecule has 5 atom stereocenters. The normalized spacial score (nSPS) is 26.2. The number of aromatic nitrogens is 1. The Morgan fingerprint density at radius 2 is 1.84 bits per heavy atom. The minimum Gasteiger partial charge on any atom is -0.460 e. The molecular weight excluding hydrogens is 645 g/mol. The molecule has 4 heterocycles. The number of aliphatic imine (C=N–C) groups is 1. The van der Waals surface area contributed by atoms with E-state index in [-0.39, 0.29) is 12.3 Å². The summed E-state index contributed by atoms with van der Waals surface area (Å²) in [6, 6.07) is 24.7. The summed E-state index contributed by atoms with van der Waals surface area (Å²) in [7, 11) is 0. The fourth-order valence-corrected chi connectivity index (χ4v) is 10.9. The van der Waals surface area contributed by atoms with Crippen LogP contribution in [0.2, 0.25) is 0 Å². The molecule has 0 bridgehead atoms.